The Morgan fingerprint density at radius 1 is 0.952 bits per heavy atom. The standard InChI is InChI=1S/C31H31Cl4N3O4/c1-5-7-20-12-19(13-27(41-6-2)29(20)42-17-22-8-10-23(32)15-25(22)34)16-36-38-31(40)28(18(3)4)37-30(39)21-9-11-24(33)26(35)14-21/h5,8-16,18,28H,1,6-7,17H2,2-4H3,(H,37,39)(H,38,40). The van der Waals surface area contributed by atoms with Gasteiger partial charge in [-0.2, -0.15) is 5.10 Å². The lowest BCUT2D eigenvalue weighted by Crippen LogP contribution is -2.48. The van der Waals surface area contributed by atoms with E-state index in [4.69, 9.17) is 55.9 Å². The lowest BCUT2D eigenvalue weighted by atomic mass is 10.0. The summed E-state index contributed by atoms with van der Waals surface area (Å²) in [6.07, 6.45) is 3.73. The van der Waals surface area contributed by atoms with Crippen molar-refractivity contribution < 1.29 is 19.1 Å². The number of allylic oxidation sites excluding steroid dienone is 1. The van der Waals surface area contributed by atoms with Crippen LogP contribution in [0.25, 0.3) is 0 Å². The third-order valence-corrected chi connectivity index (χ3v) is 7.34. The van der Waals surface area contributed by atoms with Crippen molar-refractivity contribution in [1.82, 2.24) is 10.7 Å². The SMILES string of the molecule is C=CCc1cc(C=NNC(=O)C(NC(=O)c2ccc(Cl)c(Cl)c2)C(C)C)cc(OCC)c1OCc1ccc(Cl)cc1Cl. The highest BCUT2D eigenvalue weighted by molar-refractivity contribution is 6.42. The van der Waals surface area contributed by atoms with Gasteiger partial charge >= 0.3 is 0 Å². The van der Waals surface area contributed by atoms with Gasteiger partial charge in [0.15, 0.2) is 11.5 Å². The highest BCUT2D eigenvalue weighted by Crippen LogP contribution is 2.35. The number of benzene rings is 3. The molecular formula is C31H31Cl4N3O4. The summed E-state index contributed by atoms with van der Waals surface area (Å²) in [6.45, 7) is 9.95. The van der Waals surface area contributed by atoms with Crippen LogP contribution in [0.2, 0.25) is 20.1 Å². The van der Waals surface area contributed by atoms with Crippen LogP contribution in [-0.2, 0) is 17.8 Å². The maximum absolute atomic E-state index is 13.0. The molecular weight excluding hydrogens is 620 g/mol. The predicted molar refractivity (Wildman–Crippen MR) is 171 cm³/mol. The Bertz CT molecular complexity index is 1480. The smallest absolute Gasteiger partial charge is 0.262 e. The molecule has 0 radical (unpaired) electrons. The van der Waals surface area contributed by atoms with Crippen molar-refractivity contribution in [2.75, 3.05) is 6.61 Å². The summed E-state index contributed by atoms with van der Waals surface area (Å²) in [7, 11) is 0. The van der Waals surface area contributed by atoms with Crippen molar-refractivity contribution in [3.05, 3.63) is 104 Å². The molecule has 3 aromatic rings. The Morgan fingerprint density at radius 3 is 2.36 bits per heavy atom. The van der Waals surface area contributed by atoms with Gasteiger partial charge in [-0.3, -0.25) is 9.59 Å². The molecule has 3 aromatic carbocycles. The number of hydrazone groups is 1. The number of halogens is 4. The van der Waals surface area contributed by atoms with E-state index in [2.05, 4.69) is 22.4 Å². The van der Waals surface area contributed by atoms with Crippen molar-refractivity contribution in [2.24, 2.45) is 11.0 Å². The lowest BCUT2D eigenvalue weighted by Gasteiger charge is -2.20. The number of amides is 2. The molecule has 0 fully saturated rings. The average Bonchev–Trinajstić information content (AvgIpc) is 2.93. The summed E-state index contributed by atoms with van der Waals surface area (Å²) in [5.41, 5.74) is 5.04. The molecule has 0 aliphatic carbocycles. The second-order valence-corrected chi connectivity index (χ2v) is 11.2. The zero-order valence-corrected chi connectivity index (χ0v) is 26.4. The molecule has 0 aliphatic heterocycles. The molecule has 11 heteroatoms. The first kappa shape index (κ1) is 33.3. The maximum atomic E-state index is 13.0. The van der Waals surface area contributed by atoms with E-state index < -0.39 is 17.9 Å². The Balaban J connectivity index is 1.77. The van der Waals surface area contributed by atoms with Gasteiger partial charge in [0.1, 0.15) is 12.6 Å². The van der Waals surface area contributed by atoms with Crippen LogP contribution in [0, 0.1) is 5.92 Å². The van der Waals surface area contributed by atoms with Crippen LogP contribution in [-0.4, -0.2) is 30.7 Å². The summed E-state index contributed by atoms with van der Waals surface area (Å²) in [6, 6.07) is 12.5. The summed E-state index contributed by atoms with van der Waals surface area (Å²) >= 11 is 24.3. The fraction of sp³-hybridized carbons (Fsp3) is 0.258. The number of carbonyl (C=O) groups excluding carboxylic acids is 2. The van der Waals surface area contributed by atoms with Gasteiger partial charge in [0.05, 0.1) is 22.9 Å². The number of ether oxygens (including phenoxy) is 2. The monoisotopic (exact) mass is 649 g/mol. The van der Waals surface area contributed by atoms with Gasteiger partial charge in [-0.15, -0.1) is 6.58 Å². The Labute approximate surface area is 265 Å². The molecule has 2 amide bonds. The minimum atomic E-state index is -0.852. The predicted octanol–water partition coefficient (Wildman–Crippen LogP) is 7.91. The molecule has 2 N–H and O–H groups in total. The van der Waals surface area contributed by atoms with Crippen LogP contribution in [0.3, 0.4) is 0 Å². The lowest BCUT2D eigenvalue weighted by molar-refractivity contribution is -0.123. The first-order valence-electron chi connectivity index (χ1n) is 13.1. The molecule has 222 valence electrons. The highest BCUT2D eigenvalue weighted by Gasteiger charge is 2.25. The summed E-state index contributed by atoms with van der Waals surface area (Å²) in [5, 5.41) is 8.47. The van der Waals surface area contributed by atoms with Gasteiger partial charge in [0.2, 0.25) is 0 Å². The van der Waals surface area contributed by atoms with Crippen LogP contribution >= 0.6 is 46.4 Å². The van der Waals surface area contributed by atoms with Crippen molar-refractivity contribution >= 4 is 64.4 Å². The normalized spacial score (nSPS) is 11.8. The molecule has 42 heavy (non-hydrogen) atoms. The molecule has 0 aliphatic rings. The van der Waals surface area contributed by atoms with E-state index in [9.17, 15) is 9.59 Å². The molecule has 1 atom stereocenters. The van der Waals surface area contributed by atoms with Gasteiger partial charge in [-0.05, 0) is 67.3 Å². The summed E-state index contributed by atoms with van der Waals surface area (Å²) in [5.74, 6) is -0.109. The highest BCUT2D eigenvalue weighted by atomic mass is 35.5. The number of rotatable bonds is 13. The van der Waals surface area contributed by atoms with E-state index in [1.807, 2.05) is 26.8 Å². The third-order valence-electron chi connectivity index (χ3n) is 6.01. The van der Waals surface area contributed by atoms with E-state index in [0.717, 1.165) is 11.1 Å². The molecule has 0 aromatic heterocycles. The van der Waals surface area contributed by atoms with Crippen LogP contribution in [0.5, 0.6) is 11.5 Å². The van der Waals surface area contributed by atoms with Gasteiger partial charge in [-0.1, -0.05) is 72.4 Å². The molecule has 1 unspecified atom stereocenters. The van der Waals surface area contributed by atoms with E-state index in [1.165, 1.54) is 24.4 Å². The second kappa shape index (κ2) is 15.8. The fourth-order valence-electron chi connectivity index (χ4n) is 3.92. The summed E-state index contributed by atoms with van der Waals surface area (Å²) < 4.78 is 12.0. The number of hydrogen-bond donors (Lipinski definition) is 2. The number of nitrogens with zero attached hydrogens (tertiary/aromatic N) is 1. The average molecular weight is 651 g/mol. The topological polar surface area (TPSA) is 89.0 Å². The van der Waals surface area contributed by atoms with Crippen LogP contribution in [0.1, 0.15) is 47.8 Å². The molecule has 0 saturated carbocycles. The van der Waals surface area contributed by atoms with Gasteiger partial charge in [0, 0.05) is 26.7 Å². The first-order chi connectivity index (χ1) is 20.0. The maximum Gasteiger partial charge on any atom is 0.262 e. The quantitative estimate of drug-likeness (QED) is 0.112. The van der Waals surface area contributed by atoms with Crippen LogP contribution < -0.4 is 20.2 Å². The van der Waals surface area contributed by atoms with Crippen LogP contribution in [0.15, 0.2) is 66.3 Å². The minimum absolute atomic E-state index is 0.203. The molecule has 3 rings (SSSR count). The summed E-state index contributed by atoms with van der Waals surface area (Å²) in [4.78, 5) is 25.7. The molecule has 0 bridgehead atoms. The zero-order chi connectivity index (χ0) is 30.8. The van der Waals surface area contributed by atoms with Crippen molar-refractivity contribution in [2.45, 2.75) is 39.8 Å². The molecule has 0 heterocycles. The molecule has 0 saturated heterocycles. The van der Waals surface area contributed by atoms with Crippen molar-refractivity contribution in [3.63, 3.8) is 0 Å². The second-order valence-electron chi connectivity index (χ2n) is 9.52. The van der Waals surface area contributed by atoms with E-state index in [-0.39, 0.29) is 23.1 Å². The molecule has 7 nitrogen and oxygen atoms in total. The zero-order valence-electron chi connectivity index (χ0n) is 23.3. The van der Waals surface area contributed by atoms with E-state index in [1.54, 1.807) is 30.3 Å². The van der Waals surface area contributed by atoms with Crippen LogP contribution in [0.4, 0.5) is 0 Å². The van der Waals surface area contributed by atoms with E-state index in [0.29, 0.717) is 45.2 Å². The van der Waals surface area contributed by atoms with Crippen molar-refractivity contribution in [1.29, 1.82) is 0 Å². The number of hydrogen-bond acceptors (Lipinski definition) is 5. The largest absolute Gasteiger partial charge is 0.490 e. The Kier molecular flexibility index (Phi) is 12.6. The van der Waals surface area contributed by atoms with Gasteiger partial charge < -0.3 is 14.8 Å². The molecule has 0 spiro atoms. The van der Waals surface area contributed by atoms with Gasteiger partial charge in [0.25, 0.3) is 11.8 Å². The fourth-order valence-corrected chi connectivity index (χ4v) is 4.68. The Morgan fingerprint density at radius 2 is 1.71 bits per heavy atom. The van der Waals surface area contributed by atoms with E-state index >= 15 is 0 Å². The Hall–Kier alpha value is -3.23. The first-order valence-corrected chi connectivity index (χ1v) is 14.6. The van der Waals surface area contributed by atoms with Gasteiger partial charge in [-0.25, -0.2) is 5.43 Å². The van der Waals surface area contributed by atoms with Crippen molar-refractivity contribution in [3.8, 4) is 11.5 Å². The number of nitrogens with one attached hydrogen (secondary N) is 2. The minimum Gasteiger partial charge on any atom is -0.490 e. The third kappa shape index (κ3) is 9.13. The number of carbonyl (C=O) groups is 2.